The Balaban J connectivity index is 0.000000292. The topological polar surface area (TPSA) is 55.5 Å². The number of ether oxygens (including phenoxy) is 1. The van der Waals surface area contributed by atoms with E-state index >= 15 is 0 Å². The van der Waals surface area contributed by atoms with Crippen LogP contribution in [0.5, 0.6) is 11.5 Å². The third kappa shape index (κ3) is 6.37. The van der Waals surface area contributed by atoms with E-state index in [2.05, 4.69) is 0 Å². The second-order valence-electron chi connectivity index (χ2n) is 3.11. The van der Waals surface area contributed by atoms with Crippen LogP contribution in [-0.2, 0) is 0 Å². The lowest BCUT2D eigenvalue weighted by atomic mass is 10.3. The van der Waals surface area contributed by atoms with Crippen molar-refractivity contribution in [3.8, 4) is 11.5 Å². The summed E-state index contributed by atoms with van der Waals surface area (Å²) in [6.07, 6.45) is 0. The van der Waals surface area contributed by atoms with Crippen LogP contribution >= 0.6 is 13.5 Å². The Labute approximate surface area is 108 Å². The van der Waals surface area contributed by atoms with E-state index in [1.165, 1.54) is 0 Å². The minimum Gasteiger partial charge on any atom is -0.508 e. The van der Waals surface area contributed by atoms with Gasteiger partial charge in [0, 0.05) is 5.69 Å². The molecule has 3 nitrogen and oxygen atoms in total. The van der Waals surface area contributed by atoms with Crippen LogP contribution in [0.25, 0.3) is 0 Å². The standard InChI is InChI=1S/C7H9NO.C6H6O.H2S/c1-9-7-4-2-6(8)3-5-7;7-6-4-2-1-3-5-6;/h2-5H,8H2,1H3;1-5,7H;1H2. The number of aromatic hydroxyl groups is 1. The van der Waals surface area contributed by atoms with E-state index < -0.39 is 0 Å². The zero-order valence-electron chi connectivity index (χ0n) is 9.63. The van der Waals surface area contributed by atoms with Gasteiger partial charge in [-0.15, -0.1) is 0 Å². The molecule has 0 aromatic heterocycles. The Bertz CT molecular complexity index is 404. The van der Waals surface area contributed by atoms with Crippen molar-refractivity contribution >= 4 is 19.2 Å². The molecule has 3 N–H and O–H groups in total. The summed E-state index contributed by atoms with van der Waals surface area (Å²) in [7, 11) is 1.63. The first-order valence-corrected chi connectivity index (χ1v) is 4.86. The first-order chi connectivity index (χ1) is 7.72. The molecule has 92 valence electrons. The minimum absolute atomic E-state index is 0. The zero-order valence-corrected chi connectivity index (χ0v) is 10.6. The van der Waals surface area contributed by atoms with Crippen LogP contribution in [0.15, 0.2) is 54.6 Å². The zero-order chi connectivity index (χ0) is 11.8. The molecular formula is C13H17NO2S. The Kier molecular flexibility index (Phi) is 7.46. The summed E-state index contributed by atoms with van der Waals surface area (Å²) in [5, 5.41) is 8.63. The van der Waals surface area contributed by atoms with Crippen LogP contribution in [0.1, 0.15) is 0 Å². The number of nitrogen functional groups attached to an aromatic ring is 1. The maximum absolute atomic E-state index is 8.63. The van der Waals surface area contributed by atoms with Crippen LogP contribution in [0.3, 0.4) is 0 Å². The molecule has 0 heterocycles. The average molecular weight is 251 g/mol. The van der Waals surface area contributed by atoms with Crippen LogP contribution in [0.4, 0.5) is 5.69 Å². The van der Waals surface area contributed by atoms with Crippen LogP contribution < -0.4 is 10.5 Å². The largest absolute Gasteiger partial charge is 0.508 e. The molecule has 0 aliphatic rings. The number of hydrogen-bond acceptors (Lipinski definition) is 3. The number of phenols is 1. The van der Waals surface area contributed by atoms with Gasteiger partial charge in [-0.25, -0.2) is 0 Å². The smallest absolute Gasteiger partial charge is 0.119 e. The molecule has 0 unspecified atom stereocenters. The molecule has 0 spiro atoms. The van der Waals surface area contributed by atoms with E-state index in [0.717, 1.165) is 11.4 Å². The number of anilines is 1. The third-order valence-electron chi connectivity index (χ3n) is 1.87. The Hall–Kier alpha value is -1.81. The van der Waals surface area contributed by atoms with Gasteiger partial charge in [0.1, 0.15) is 11.5 Å². The van der Waals surface area contributed by atoms with Gasteiger partial charge in [-0.05, 0) is 36.4 Å². The summed E-state index contributed by atoms with van der Waals surface area (Å²) in [4.78, 5) is 0. The fraction of sp³-hybridized carbons (Fsp3) is 0.0769. The van der Waals surface area contributed by atoms with E-state index in [1.54, 1.807) is 43.5 Å². The predicted octanol–water partition coefficient (Wildman–Crippen LogP) is 2.78. The lowest BCUT2D eigenvalue weighted by Crippen LogP contribution is -1.84. The van der Waals surface area contributed by atoms with Crippen molar-refractivity contribution in [2.45, 2.75) is 0 Å². The van der Waals surface area contributed by atoms with E-state index in [1.807, 2.05) is 18.2 Å². The first-order valence-electron chi connectivity index (χ1n) is 4.86. The first kappa shape index (κ1) is 15.2. The molecule has 0 atom stereocenters. The molecule has 17 heavy (non-hydrogen) atoms. The van der Waals surface area contributed by atoms with Crippen molar-refractivity contribution in [1.82, 2.24) is 0 Å². The Morgan fingerprint density at radius 2 is 1.47 bits per heavy atom. The number of nitrogens with two attached hydrogens (primary N) is 1. The fourth-order valence-corrected chi connectivity index (χ4v) is 1.03. The number of hydrogen-bond donors (Lipinski definition) is 2. The number of benzene rings is 2. The van der Waals surface area contributed by atoms with Crippen molar-refractivity contribution in [1.29, 1.82) is 0 Å². The highest BCUT2D eigenvalue weighted by Crippen LogP contribution is 2.11. The van der Waals surface area contributed by atoms with Crippen molar-refractivity contribution in [2.24, 2.45) is 0 Å². The molecule has 0 fully saturated rings. The summed E-state index contributed by atoms with van der Waals surface area (Å²) in [6.45, 7) is 0. The quantitative estimate of drug-likeness (QED) is 0.766. The van der Waals surface area contributed by atoms with Gasteiger partial charge in [-0.3, -0.25) is 0 Å². The fourth-order valence-electron chi connectivity index (χ4n) is 1.03. The third-order valence-corrected chi connectivity index (χ3v) is 1.87. The summed E-state index contributed by atoms with van der Waals surface area (Å²) in [5.74, 6) is 1.16. The molecule has 0 saturated carbocycles. The summed E-state index contributed by atoms with van der Waals surface area (Å²) in [5.41, 5.74) is 6.19. The number of phenolic OH excluding ortho intramolecular Hbond substituents is 1. The maximum atomic E-state index is 8.63. The summed E-state index contributed by atoms with van der Waals surface area (Å²) < 4.78 is 4.91. The Morgan fingerprint density at radius 3 is 1.82 bits per heavy atom. The number of rotatable bonds is 1. The van der Waals surface area contributed by atoms with Gasteiger partial charge in [0.25, 0.3) is 0 Å². The predicted molar refractivity (Wildman–Crippen MR) is 75.9 cm³/mol. The van der Waals surface area contributed by atoms with Gasteiger partial charge < -0.3 is 15.6 Å². The number of para-hydroxylation sites is 1. The molecule has 0 radical (unpaired) electrons. The van der Waals surface area contributed by atoms with E-state index in [9.17, 15) is 0 Å². The van der Waals surface area contributed by atoms with Crippen molar-refractivity contribution in [3.05, 3.63) is 54.6 Å². The normalized spacial score (nSPS) is 8.29. The van der Waals surface area contributed by atoms with Crippen LogP contribution in [0.2, 0.25) is 0 Å². The lowest BCUT2D eigenvalue weighted by Gasteiger charge is -1.97. The van der Waals surface area contributed by atoms with Crippen molar-refractivity contribution in [3.63, 3.8) is 0 Å². The molecule has 2 rings (SSSR count). The Morgan fingerprint density at radius 1 is 0.941 bits per heavy atom. The molecule has 0 aliphatic carbocycles. The van der Waals surface area contributed by atoms with Crippen molar-refractivity contribution < 1.29 is 9.84 Å². The van der Waals surface area contributed by atoms with Gasteiger partial charge in [0.15, 0.2) is 0 Å². The van der Waals surface area contributed by atoms with Gasteiger partial charge >= 0.3 is 0 Å². The molecule has 2 aromatic rings. The average Bonchev–Trinajstić information content (AvgIpc) is 2.32. The maximum Gasteiger partial charge on any atom is 0.119 e. The van der Waals surface area contributed by atoms with Gasteiger partial charge in [-0.1, -0.05) is 18.2 Å². The number of methoxy groups -OCH3 is 1. The minimum atomic E-state index is 0. The van der Waals surface area contributed by atoms with Gasteiger partial charge in [-0.2, -0.15) is 13.5 Å². The SMILES string of the molecule is COc1ccc(N)cc1.Oc1ccccc1.S. The molecule has 0 amide bonds. The highest BCUT2D eigenvalue weighted by Gasteiger charge is 1.86. The molecule has 0 bridgehead atoms. The molecule has 4 heteroatoms. The monoisotopic (exact) mass is 251 g/mol. The van der Waals surface area contributed by atoms with Gasteiger partial charge in [0.2, 0.25) is 0 Å². The summed E-state index contributed by atoms with van der Waals surface area (Å²) >= 11 is 0. The van der Waals surface area contributed by atoms with E-state index in [-0.39, 0.29) is 13.5 Å². The highest BCUT2D eigenvalue weighted by atomic mass is 32.1. The molecule has 0 aliphatic heterocycles. The highest BCUT2D eigenvalue weighted by molar-refractivity contribution is 7.59. The van der Waals surface area contributed by atoms with E-state index in [0.29, 0.717) is 5.75 Å². The second kappa shape index (κ2) is 8.35. The second-order valence-corrected chi connectivity index (χ2v) is 3.11. The molecule has 0 saturated heterocycles. The van der Waals surface area contributed by atoms with Crippen molar-refractivity contribution in [2.75, 3.05) is 12.8 Å². The lowest BCUT2D eigenvalue weighted by molar-refractivity contribution is 0.415. The molecule has 2 aromatic carbocycles. The van der Waals surface area contributed by atoms with Crippen LogP contribution in [-0.4, -0.2) is 12.2 Å². The van der Waals surface area contributed by atoms with E-state index in [4.69, 9.17) is 15.6 Å². The molecular weight excluding hydrogens is 234 g/mol. The van der Waals surface area contributed by atoms with Gasteiger partial charge in [0.05, 0.1) is 7.11 Å². The summed E-state index contributed by atoms with van der Waals surface area (Å²) in [6, 6.07) is 16.0. The van der Waals surface area contributed by atoms with Crippen LogP contribution in [0, 0.1) is 0 Å².